The van der Waals surface area contributed by atoms with Gasteiger partial charge in [0.05, 0.1) is 31.4 Å². The number of carbonyl (C=O) groups is 2. The van der Waals surface area contributed by atoms with E-state index in [9.17, 15) is 22.8 Å². The first-order valence-electron chi connectivity index (χ1n) is 6.93. The van der Waals surface area contributed by atoms with Crippen LogP contribution in [0.3, 0.4) is 0 Å². The van der Waals surface area contributed by atoms with Crippen molar-refractivity contribution in [2.75, 3.05) is 32.1 Å². The number of ether oxygens (including phenoxy) is 1. The van der Waals surface area contributed by atoms with Crippen molar-refractivity contribution in [2.45, 2.75) is 6.18 Å². The van der Waals surface area contributed by atoms with Crippen molar-refractivity contribution in [3.63, 3.8) is 0 Å². The lowest BCUT2D eigenvalue weighted by atomic mass is 10.1. The molecule has 0 fully saturated rings. The molecule has 0 atom stereocenters. The summed E-state index contributed by atoms with van der Waals surface area (Å²) in [5.41, 5.74) is -1.03. The zero-order valence-electron chi connectivity index (χ0n) is 12.7. The Balaban J connectivity index is 2.34. The summed E-state index contributed by atoms with van der Waals surface area (Å²) in [7, 11) is 1.14. The third-order valence-corrected chi connectivity index (χ3v) is 3.41. The van der Waals surface area contributed by atoms with Crippen LogP contribution in [-0.2, 0) is 20.5 Å². The van der Waals surface area contributed by atoms with Crippen LogP contribution >= 0.6 is 0 Å². The summed E-state index contributed by atoms with van der Waals surface area (Å²) in [5, 5.41) is 11.5. The largest absolute Gasteiger partial charge is 0.466 e. The van der Waals surface area contributed by atoms with Gasteiger partial charge in [-0.15, -0.1) is 0 Å². The number of nitrogens with one attached hydrogen (secondary N) is 1. The van der Waals surface area contributed by atoms with Crippen LogP contribution in [0.1, 0.15) is 5.56 Å². The van der Waals surface area contributed by atoms with E-state index >= 15 is 0 Å². The number of hydrogen-bond acceptors (Lipinski definition) is 5. The zero-order chi connectivity index (χ0) is 17.9. The van der Waals surface area contributed by atoms with Crippen LogP contribution in [0.2, 0.25) is 0 Å². The van der Waals surface area contributed by atoms with Gasteiger partial charge in [-0.3, -0.25) is 4.79 Å². The van der Waals surface area contributed by atoms with Crippen LogP contribution in [0.5, 0.6) is 0 Å². The predicted molar refractivity (Wildman–Crippen MR) is 77.8 cm³/mol. The standard InChI is InChI=1S/C15H15F3N2O4/c1-24-14(23)11-8-20(5-6-21)13(22)12(11)19-10-4-2-3-9(7-10)15(16,17)18/h2-4,7,19,21H,5-6,8H2,1H3. The molecule has 1 heterocycles. The molecule has 6 nitrogen and oxygen atoms in total. The SMILES string of the molecule is COC(=O)C1=C(Nc2cccc(C(F)(F)F)c2)C(=O)N(CCO)C1. The third-order valence-electron chi connectivity index (χ3n) is 3.41. The summed E-state index contributed by atoms with van der Waals surface area (Å²) in [6.07, 6.45) is -4.53. The van der Waals surface area contributed by atoms with Gasteiger partial charge in [0.25, 0.3) is 5.91 Å². The van der Waals surface area contributed by atoms with Gasteiger partial charge < -0.3 is 20.1 Å². The molecule has 2 N–H and O–H groups in total. The van der Waals surface area contributed by atoms with E-state index in [-0.39, 0.29) is 36.7 Å². The highest BCUT2D eigenvalue weighted by atomic mass is 19.4. The van der Waals surface area contributed by atoms with E-state index in [1.807, 2.05) is 0 Å². The Hall–Kier alpha value is -2.55. The number of halogens is 3. The number of carbonyl (C=O) groups excluding carboxylic acids is 2. The van der Waals surface area contributed by atoms with E-state index in [2.05, 4.69) is 10.1 Å². The van der Waals surface area contributed by atoms with Gasteiger partial charge in [-0.1, -0.05) is 6.07 Å². The quantitative estimate of drug-likeness (QED) is 0.789. The molecule has 24 heavy (non-hydrogen) atoms. The van der Waals surface area contributed by atoms with Crippen LogP contribution in [0.4, 0.5) is 18.9 Å². The minimum absolute atomic E-state index is 0.00615. The van der Waals surface area contributed by atoms with Crippen molar-refractivity contribution in [3.8, 4) is 0 Å². The van der Waals surface area contributed by atoms with Crippen LogP contribution in [0.25, 0.3) is 0 Å². The topological polar surface area (TPSA) is 78.9 Å². The molecule has 130 valence electrons. The van der Waals surface area contributed by atoms with Gasteiger partial charge in [-0.05, 0) is 18.2 Å². The fraction of sp³-hybridized carbons (Fsp3) is 0.333. The number of anilines is 1. The molecule has 1 amide bonds. The van der Waals surface area contributed by atoms with Gasteiger partial charge in [0, 0.05) is 12.2 Å². The summed E-state index contributed by atoms with van der Waals surface area (Å²) in [5.74, 6) is -1.36. The molecule has 2 rings (SSSR count). The number of amides is 1. The van der Waals surface area contributed by atoms with Crippen molar-refractivity contribution in [1.29, 1.82) is 0 Å². The van der Waals surface area contributed by atoms with Gasteiger partial charge in [-0.25, -0.2) is 4.79 Å². The molecule has 0 spiro atoms. The van der Waals surface area contributed by atoms with Crippen molar-refractivity contribution in [2.24, 2.45) is 0 Å². The van der Waals surface area contributed by atoms with E-state index in [1.165, 1.54) is 17.0 Å². The van der Waals surface area contributed by atoms with Crippen LogP contribution in [0.15, 0.2) is 35.5 Å². The van der Waals surface area contributed by atoms with Crippen LogP contribution in [-0.4, -0.2) is 48.7 Å². The number of aliphatic hydroxyl groups excluding tert-OH is 1. The average Bonchev–Trinajstić information content (AvgIpc) is 2.83. The number of hydrogen-bond donors (Lipinski definition) is 2. The molecule has 1 aliphatic heterocycles. The highest BCUT2D eigenvalue weighted by Crippen LogP contribution is 2.31. The van der Waals surface area contributed by atoms with Gasteiger partial charge in [0.2, 0.25) is 0 Å². The van der Waals surface area contributed by atoms with E-state index in [0.717, 1.165) is 19.2 Å². The van der Waals surface area contributed by atoms with Crippen molar-refractivity contribution >= 4 is 17.6 Å². The maximum atomic E-state index is 12.8. The molecular weight excluding hydrogens is 329 g/mol. The molecule has 0 radical (unpaired) electrons. The number of alkyl halides is 3. The number of benzene rings is 1. The molecule has 0 bridgehead atoms. The number of methoxy groups -OCH3 is 1. The molecule has 0 aliphatic carbocycles. The first-order valence-corrected chi connectivity index (χ1v) is 6.93. The first-order chi connectivity index (χ1) is 11.3. The van der Waals surface area contributed by atoms with E-state index in [4.69, 9.17) is 5.11 Å². The Morgan fingerprint density at radius 1 is 1.42 bits per heavy atom. The second-order valence-electron chi connectivity index (χ2n) is 5.00. The zero-order valence-corrected chi connectivity index (χ0v) is 12.7. The minimum atomic E-state index is -4.53. The van der Waals surface area contributed by atoms with E-state index < -0.39 is 23.6 Å². The number of β-amino-alcohol motifs (C(OH)–C–C–N with tert-alkyl or cyclic N) is 1. The second kappa shape index (κ2) is 6.91. The summed E-state index contributed by atoms with van der Waals surface area (Å²) >= 11 is 0. The molecule has 1 aromatic carbocycles. The average molecular weight is 344 g/mol. The third kappa shape index (κ3) is 3.67. The Bertz CT molecular complexity index is 686. The van der Waals surface area contributed by atoms with Gasteiger partial charge in [0.15, 0.2) is 0 Å². The number of aliphatic hydroxyl groups is 1. The predicted octanol–water partition coefficient (Wildman–Crippen LogP) is 1.38. The molecule has 1 aliphatic rings. The van der Waals surface area contributed by atoms with Crippen molar-refractivity contribution in [1.82, 2.24) is 4.90 Å². The molecule has 0 unspecified atom stereocenters. The lowest BCUT2D eigenvalue weighted by Gasteiger charge is -2.15. The normalized spacial score (nSPS) is 15.0. The lowest BCUT2D eigenvalue weighted by Crippen LogP contribution is -2.31. The molecule has 0 saturated heterocycles. The fourth-order valence-electron chi connectivity index (χ4n) is 2.27. The van der Waals surface area contributed by atoms with E-state index in [0.29, 0.717) is 0 Å². The summed E-state index contributed by atoms with van der Waals surface area (Å²) < 4.78 is 42.9. The molecule has 9 heteroatoms. The Morgan fingerprint density at radius 3 is 2.71 bits per heavy atom. The Labute approximate surface area is 135 Å². The van der Waals surface area contributed by atoms with E-state index in [1.54, 1.807) is 0 Å². The maximum Gasteiger partial charge on any atom is 0.416 e. The highest BCUT2D eigenvalue weighted by Gasteiger charge is 2.35. The lowest BCUT2D eigenvalue weighted by molar-refractivity contribution is -0.138. The van der Waals surface area contributed by atoms with Gasteiger partial charge >= 0.3 is 12.1 Å². The Kier molecular flexibility index (Phi) is 5.13. The summed E-state index contributed by atoms with van der Waals surface area (Å²) in [4.78, 5) is 25.3. The van der Waals surface area contributed by atoms with Gasteiger partial charge in [0.1, 0.15) is 5.70 Å². The summed E-state index contributed by atoms with van der Waals surface area (Å²) in [6.45, 7) is -0.405. The van der Waals surface area contributed by atoms with Crippen LogP contribution in [0, 0.1) is 0 Å². The number of rotatable bonds is 5. The number of esters is 1. The minimum Gasteiger partial charge on any atom is -0.466 e. The second-order valence-corrected chi connectivity index (χ2v) is 5.00. The highest BCUT2D eigenvalue weighted by molar-refractivity contribution is 6.08. The van der Waals surface area contributed by atoms with Crippen molar-refractivity contribution < 1.29 is 32.6 Å². The molecule has 1 aromatic rings. The number of nitrogens with zero attached hydrogens (tertiary/aromatic N) is 1. The smallest absolute Gasteiger partial charge is 0.416 e. The summed E-state index contributed by atoms with van der Waals surface area (Å²) in [6, 6.07) is 4.27. The fourth-order valence-corrected chi connectivity index (χ4v) is 2.27. The van der Waals surface area contributed by atoms with Crippen molar-refractivity contribution in [3.05, 3.63) is 41.1 Å². The van der Waals surface area contributed by atoms with Gasteiger partial charge in [-0.2, -0.15) is 13.2 Å². The monoisotopic (exact) mass is 344 g/mol. The maximum absolute atomic E-state index is 12.8. The molecule has 0 aromatic heterocycles. The molecular formula is C15H15F3N2O4. The van der Waals surface area contributed by atoms with Crippen LogP contribution < -0.4 is 5.32 Å². The Morgan fingerprint density at radius 2 is 2.12 bits per heavy atom. The molecule has 0 saturated carbocycles. The first kappa shape index (κ1) is 17.8.